The SMILES string of the molecule is CCOC(=O)C[C@]1(C)SCCN1C(N)=O. The molecule has 1 fully saturated rings. The maximum absolute atomic E-state index is 11.4. The molecular weight excluding hydrogens is 216 g/mol. The molecule has 0 aromatic carbocycles. The third kappa shape index (κ3) is 2.77. The Morgan fingerprint density at radius 3 is 2.80 bits per heavy atom. The van der Waals surface area contributed by atoms with Crippen molar-refractivity contribution in [3.63, 3.8) is 0 Å². The number of primary amides is 1. The van der Waals surface area contributed by atoms with Crippen molar-refractivity contribution in [1.29, 1.82) is 0 Å². The number of esters is 1. The third-order valence-corrected chi connectivity index (χ3v) is 3.72. The normalized spacial score (nSPS) is 25.3. The van der Waals surface area contributed by atoms with Gasteiger partial charge < -0.3 is 15.4 Å². The Hall–Kier alpha value is -0.910. The van der Waals surface area contributed by atoms with Gasteiger partial charge in [0, 0.05) is 12.3 Å². The summed E-state index contributed by atoms with van der Waals surface area (Å²) in [6.07, 6.45) is 0.189. The van der Waals surface area contributed by atoms with Crippen LogP contribution >= 0.6 is 11.8 Å². The lowest BCUT2D eigenvalue weighted by molar-refractivity contribution is -0.144. The summed E-state index contributed by atoms with van der Waals surface area (Å²) in [5.74, 6) is 0.513. The Labute approximate surface area is 93.3 Å². The summed E-state index contributed by atoms with van der Waals surface area (Å²) in [6, 6.07) is -0.480. The molecule has 0 aliphatic carbocycles. The smallest absolute Gasteiger partial charge is 0.315 e. The predicted octanol–water partition coefficient (Wildman–Crippen LogP) is 0.783. The Morgan fingerprint density at radius 1 is 1.60 bits per heavy atom. The highest BCUT2D eigenvalue weighted by molar-refractivity contribution is 8.00. The molecule has 0 saturated carbocycles. The van der Waals surface area contributed by atoms with Crippen LogP contribution in [0.15, 0.2) is 0 Å². The average molecular weight is 232 g/mol. The predicted molar refractivity (Wildman–Crippen MR) is 58.4 cm³/mol. The van der Waals surface area contributed by atoms with E-state index >= 15 is 0 Å². The molecule has 0 radical (unpaired) electrons. The van der Waals surface area contributed by atoms with E-state index in [4.69, 9.17) is 10.5 Å². The van der Waals surface area contributed by atoms with Crippen molar-refractivity contribution >= 4 is 23.8 Å². The van der Waals surface area contributed by atoms with E-state index in [9.17, 15) is 9.59 Å². The van der Waals surface area contributed by atoms with E-state index in [1.807, 2.05) is 6.92 Å². The molecule has 15 heavy (non-hydrogen) atoms. The molecule has 0 aromatic heterocycles. The minimum Gasteiger partial charge on any atom is -0.466 e. The third-order valence-electron chi connectivity index (χ3n) is 2.34. The summed E-state index contributed by atoms with van der Waals surface area (Å²) in [7, 11) is 0. The molecule has 1 atom stereocenters. The van der Waals surface area contributed by atoms with Crippen LogP contribution in [0.25, 0.3) is 0 Å². The molecule has 0 spiro atoms. The zero-order chi connectivity index (χ0) is 11.5. The second-order valence-corrected chi connectivity index (χ2v) is 5.07. The van der Waals surface area contributed by atoms with E-state index in [1.165, 1.54) is 4.90 Å². The van der Waals surface area contributed by atoms with Crippen molar-refractivity contribution in [2.45, 2.75) is 25.1 Å². The highest BCUT2D eigenvalue weighted by Crippen LogP contribution is 2.38. The molecule has 1 aliphatic rings. The van der Waals surface area contributed by atoms with Crippen molar-refractivity contribution < 1.29 is 14.3 Å². The number of thioether (sulfide) groups is 1. The second-order valence-electron chi connectivity index (χ2n) is 3.50. The number of nitrogens with two attached hydrogens (primary N) is 1. The van der Waals surface area contributed by atoms with Gasteiger partial charge in [0.2, 0.25) is 0 Å². The molecule has 2 N–H and O–H groups in total. The molecule has 1 aliphatic heterocycles. The van der Waals surface area contributed by atoms with Gasteiger partial charge in [-0.3, -0.25) is 4.79 Å². The summed E-state index contributed by atoms with van der Waals surface area (Å²) in [5, 5.41) is 0. The first-order valence-electron chi connectivity index (χ1n) is 4.86. The molecule has 0 bridgehead atoms. The molecule has 6 heteroatoms. The van der Waals surface area contributed by atoms with Crippen LogP contribution in [0.4, 0.5) is 4.79 Å². The fourth-order valence-corrected chi connectivity index (χ4v) is 2.91. The summed E-state index contributed by atoms with van der Waals surface area (Å²) >= 11 is 1.56. The highest BCUT2D eigenvalue weighted by Gasteiger charge is 2.41. The van der Waals surface area contributed by atoms with E-state index < -0.39 is 10.9 Å². The van der Waals surface area contributed by atoms with E-state index in [1.54, 1.807) is 18.7 Å². The maximum atomic E-state index is 11.4. The fourth-order valence-electron chi connectivity index (χ4n) is 1.64. The van der Waals surface area contributed by atoms with Crippen LogP contribution in [-0.2, 0) is 9.53 Å². The molecule has 1 heterocycles. The lowest BCUT2D eigenvalue weighted by Crippen LogP contribution is -2.47. The maximum Gasteiger partial charge on any atom is 0.315 e. The number of amides is 2. The van der Waals surface area contributed by atoms with Gasteiger partial charge in [-0.2, -0.15) is 0 Å². The highest BCUT2D eigenvalue weighted by atomic mass is 32.2. The van der Waals surface area contributed by atoms with Crippen LogP contribution in [0.2, 0.25) is 0 Å². The quantitative estimate of drug-likeness (QED) is 0.730. The van der Waals surface area contributed by atoms with Crippen molar-refractivity contribution in [2.75, 3.05) is 18.9 Å². The van der Waals surface area contributed by atoms with Crippen molar-refractivity contribution in [1.82, 2.24) is 4.90 Å². The molecule has 5 nitrogen and oxygen atoms in total. The minimum atomic E-state index is -0.544. The number of nitrogens with zero attached hydrogens (tertiary/aromatic N) is 1. The molecule has 2 amide bonds. The number of carbonyl (C=O) groups is 2. The zero-order valence-corrected chi connectivity index (χ0v) is 9.80. The zero-order valence-electron chi connectivity index (χ0n) is 8.99. The van der Waals surface area contributed by atoms with Crippen LogP contribution in [0.5, 0.6) is 0 Å². The summed E-state index contributed by atoms with van der Waals surface area (Å²) in [4.78, 5) is 23.5. The minimum absolute atomic E-state index is 0.189. The van der Waals surface area contributed by atoms with Crippen LogP contribution in [0.3, 0.4) is 0 Å². The van der Waals surface area contributed by atoms with Gasteiger partial charge in [-0.05, 0) is 13.8 Å². The van der Waals surface area contributed by atoms with E-state index in [-0.39, 0.29) is 12.4 Å². The summed E-state index contributed by atoms with van der Waals surface area (Å²) in [6.45, 7) is 4.55. The van der Waals surface area contributed by atoms with Gasteiger partial charge in [0.15, 0.2) is 0 Å². The molecule has 86 valence electrons. The number of hydrogen-bond donors (Lipinski definition) is 1. The first-order valence-corrected chi connectivity index (χ1v) is 5.85. The van der Waals surface area contributed by atoms with Crippen molar-refractivity contribution in [3.05, 3.63) is 0 Å². The van der Waals surface area contributed by atoms with Gasteiger partial charge in [-0.25, -0.2) is 4.79 Å². The molecule has 1 saturated heterocycles. The number of rotatable bonds is 3. The van der Waals surface area contributed by atoms with Gasteiger partial charge in [0.1, 0.15) is 0 Å². The molecule has 1 rings (SSSR count). The van der Waals surface area contributed by atoms with Gasteiger partial charge >= 0.3 is 12.0 Å². The molecule has 0 unspecified atom stereocenters. The lowest BCUT2D eigenvalue weighted by Gasteiger charge is -2.31. The summed E-state index contributed by atoms with van der Waals surface area (Å²) < 4.78 is 4.87. The standard InChI is InChI=1S/C9H16N2O3S/c1-3-14-7(12)6-9(2)11(8(10)13)4-5-15-9/h3-6H2,1-2H3,(H2,10,13)/t9-/m0/s1. The van der Waals surface area contributed by atoms with Crippen LogP contribution in [0, 0.1) is 0 Å². The topological polar surface area (TPSA) is 72.6 Å². The lowest BCUT2D eigenvalue weighted by atomic mass is 10.2. The van der Waals surface area contributed by atoms with E-state index in [2.05, 4.69) is 0 Å². The Balaban J connectivity index is 2.64. The van der Waals surface area contributed by atoms with Gasteiger partial charge in [0.05, 0.1) is 17.9 Å². The monoisotopic (exact) mass is 232 g/mol. The van der Waals surface area contributed by atoms with Crippen molar-refractivity contribution in [2.24, 2.45) is 5.73 Å². The van der Waals surface area contributed by atoms with Crippen molar-refractivity contribution in [3.8, 4) is 0 Å². The molecular formula is C9H16N2O3S. The van der Waals surface area contributed by atoms with Gasteiger partial charge in [-0.1, -0.05) is 0 Å². The Kier molecular flexibility index (Phi) is 3.84. The van der Waals surface area contributed by atoms with E-state index in [0.29, 0.717) is 13.2 Å². The van der Waals surface area contributed by atoms with Gasteiger partial charge in [-0.15, -0.1) is 11.8 Å². The van der Waals surface area contributed by atoms with Crippen LogP contribution in [0.1, 0.15) is 20.3 Å². The van der Waals surface area contributed by atoms with E-state index in [0.717, 1.165) is 5.75 Å². The number of hydrogen-bond acceptors (Lipinski definition) is 4. The Morgan fingerprint density at radius 2 is 2.27 bits per heavy atom. The Bertz CT molecular complexity index is 272. The number of ether oxygens (including phenoxy) is 1. The first-order chi connectivity index (χ1) is 6.99. The largest absolute Gasteiger partial charge is 0.466 e. The average Bonchev–Trinajstić information content (AvgIpc) is 2.47. The number of urea groups is 1. The molecule has 0 aromatic rings. The summed E-state index contributed by atoms with van der Waals surface area (Å²) in [5.41, 5.74) is 5.24. The second kappa shape index (κ2) is 4.74. The van der Waals surface area contributed by atoms with Crippen LogP contribution < -0.4 is 5.73 Å². The van der Waals surface area contributed by atoms with Crippen LogP contribution in [-0.4, -0.2) is 40.7 Å². The van der Waals surface area contributed by atoms with Gasteiger partial charge in [0.25, 0.3) is 0 Å². The fraction of sp³-hybridized carbons (Fsp3) is 0.778. The first kappa shape index (κ1) is 12.2. The number of carbonyl (C=O) groups excluding carboxylic acids is 2.